The van der Waals surface area contributed by atoms with Crippen LogP contribution in [0.3, 0.4) is 0 Å². The topological polar surface area (TPSA) is 52.5 Å². The number of rotatable bonds is 5. The van der Waals surface area contributed by atoms with E-state index in [4.69, 9.17) is 11.6 Å². The molecule has 9 rings (SSSR count). The minimum absolute atomic E-state index is 0.568. The van der Waals surface area contributed by atoms with Crippen molar-refractivity contribution in [3.63, 3.8) is 0 Å². The predicted molar refractivity (Wildman–Crippen MR) is 216 cm³/mol. The van der Waals surface area contributed by atoms with Gasteiger partial charge in [-0.15, -0.1) is 0 Å². The molecule has 8 aromatic rings. The Morgan fingerprint density at radius 2 is 1.12 bits per heavy atom. The summed E-state index contributed by atoms with van der Waals surface area (Å²) in [7, 11) is -2.04. The molecule has 1 aliphatic rings. The Kier molecular flexibility index (Phi) is 7.25. The first-order chi connectivity index (χ1) is 25.5. The van der Waals surface area contributed by atoms with E-state index in [1.54, 1.807) is 0 Å². The van der Waals surface area contributed by atoms with Gasteiger partial charge in [-0.1, -0.05) is 98.0 Å². The molecule has 2 aromatic heterocycles. The molecule has 0 spiro atoms. The standard InChI is InChI=1S/C45H32N6Si/c1-47-32-22-26-34(27-23-32)49(33-24-20-31(30-46)21-25-33)35-28-44(50-38-14-6-4-12-36(38)37-13-5-7-15-39(37)50)48-45(29-35)51-40-16-8-10-18-42(40)52(2,3)43-19-11-9-17-41(43)51/h4-29H,2-3H3. The highest BCUT2D eigenvalue weighted by Gasteiger charge is 2.39. The van der Waals surface area contributed by atoms with Gasteiger partial charge in [-0.2, -0.15) is 5.26 Å². The molecule has 0 unspecified atom stereocenters. The average Bonchev–Trinajstić information content (AvgIpc) is 3.53. The van der Waals surface area contributed by atoms with E-state index in [9.17, 15) is 5.26 Å². The molecule has 0 atom stereocenters. The van der Waals surface area contributed by atoms with Crippen molar-refractivity contribution in [1.29, 1.82) is 5.26 Å². The van der Waals surface area contributed by atoms with Crippen LogP contribution in [-0.2, 0) is 0 Å². The van der Waals surface area contributed by atoms with E-state index in [2.05, 4.69) is 148 Å². The van der Waals surface area contributed by atoms with Gasteiger partial charge in [-0.3, -0.25) is 9.47 Å². The third-order valence-electron chi connectivity index (χ3n) is 10.2. The second-order valence-electron chi connectivity index (χ2n) is 13.5. The van der Waals surface area contributed by atoms with Crippen LogP contribution >= 0.6 is 0 Å². The predicted octanol–water partition coefficient (Wildman–Crippen LogP) is 10.7. The molecule has 6 aromatic carbocycles. The fourth-order valence-electron chi connectivity index (χ4n) is 7.74. The van der Waals surface area contributed by atoms with Crippen LogP contribution in [0.5, 0.6) is 0 Å². The van der Waals surface area contributed by atoms with Crippen LogP contribution in [0.2, 0.25) is 13.1 Å². The van der Waals surface area contributed by atoms with Crippen molar-refractivity contribution in [2.24, 2.45) is 0 Å². The Labute approximate surface area is 303 Å². The minimum atomic E-state index is -2.04. The fourth-order valence-corrected chi connectivity index (χ4v) is 10.7. The lowest BCUT2D eigenvalue weighted by Gasteiger charge is -2.40. The SMILES string of the molecule is [C-]#[N+]c1ccc(N(c2ccc(C#N)cc2)c2cc(N3c4ccccc4[Si](C)(C)c4ccccc43)nc(-n3c4ccccc4c4ccccc43)c2)cc1. The summed E-state index contributed by atoms with van der Waals surface area (Å²) in [5.41, 5.74) is 8.23. The second kappa shape index (κ2) is 12.1. The Morgan fingerprint density at radius 3 is 1.67 bits per heavy atom. The summed E-state index contributed by atoms with van der Waals surface area (Å²) >= 11 is 0. The lowest BCUT2D eigenvalue weighted by Crippen LogP contribution is -2.58. The number of benzene rings is 6. The number of nitrogens with zero attached hydrogens (tertiary/aromatic N) is 6. The molecule has 246 valence electrons. The van der Waals surface area contributed by atoms with Gasteiger partial charge >= 0.3 is 0 Å². The van der Waals surface area contributed by atoms with Gasteiger partial charge in [0.15, 0.2) is 5.69 Å². The summed E-state index contributed by atoms with van der Waals surface area (Å²) in [6, 6.07) is 56.3. The van der Waals surface area contributed by atoms with Crippen molar-refractivity contribution in [1.82, 2.24) is 9.55 Å². The van der Waals surface area contributed by atoms with Gasteiger partial charge in [0.1, 0.15) is 19.7 Å². The summed E-state index contributed by atoms with van der Waals surface area (Å²) in [4.78, 5) is 13.7. The number of fused-ring (bicyclic) bond motifs is 5. The summed E-state index contributed by atoms with van der Waals surface area (Å²) < 4.78 is 2.26. The summed E-state index contributed by atoms with van der Waals surface area (Å²) in [6.07, 6.45) is 0. The normalized spacial score (nSPS) is 12.9. The largest absolute Gasteiger partial charge is 0.310 e. The van der Waals surface area contributed by atoms with E-state index in [1.807, 2.05) is 48.5 Å². The number of hydrogen-bond donors (Lipinski definition) is 0. The van der Waals surface area contributed by atoms with Crippen LogP contribution in [0.15, 0.2) is 158 Å². The maximum Gasteiger partial charge on any atom is 0.187 e. The number of hydrogen-bond acceptors (Lipinski definition) is 4. The molecule has 0 fully saturated rings. The molecular weight excluding hydrogens is 653 g/mol. The molecule has 1 aliphatic heterocycles. The molecule has 0 saturated carbocycles. The van der Waals surface area contributed by atoms with E-state index in [-0.39, 0.29) is 0 Å². The molecule has 0 radical (unpaired) electrons. The van der Waals surface area contributed by atoms with Crippen molar-refractivity contribution in [2.75, 3.05) is 9.80 Å². The number of para-hydroxylation sites is 4. The smallest absolute Gasteiger partial charge is 0.187 e. The monoisotopic (exact) mass is 684 g/mol. The zero-order chi connectivity index (χ0) is 35.4. The van der Waals surface area contributed by atoms with Crippen LogP contribution in [0.1, 0.15) is 5.56 Å². The van der Waals surface area contributed by atoms with Crippen LogP contribution in [0.25, 0.3) is 32.5 Å². The van der Waals surface area contributed by atoms with Crippen molar-refractivity contribution >= 4 is 80.2 Å². The fraction of sp³-hybridized carbons (Fsp3) is 0.0444. The van der Waals surface area contributed by atoms with Gasteiger partial charge in [0, 0.05) is 45.7 Å². The van der Waals surface area contributed by atoms with E-state index in [0.29, 0.717) is 11.3 Å². The Morgan fingerprint density at radius 1 is 0.615 bits per heavy atom. The van der Waals surface area contributed by atoms with Crippen molar-refractivity contribution in [3.8, 4) is 11.9 Å². The van der Waals surface area contributed by atoms with Crippen molar-refractivity contribution in [3.05, 3.63) is 175 Å². The van der Waals surface area contributed by atoms with E-state index in [0.717, 1.165) is 61.9 Å². The number of anilines is 6. The number of nitriles is 1. The maximum absolute atomic E-state index is 9.65. The molecule has 7 heteroatoms. The third kappa shape index (κ3) is 4.87. The van der Waals surface area contributed by atoms with E-state index in [1.165, 1.54) is 10.4 Å². The molecule has 0 aliphatic carbocycles. The molecule has 0 amide bonds. The van der Waals surface area contributed by atoms with E-state index < -0.39 is 8.07 Å². The van der Waals surface area contributed by atoms with Crippen molar-refractivity contribution in [2.45, 2.75) is 13.1 Å². The number of aromatic nitrogens is 2. The van der Waals surface area contributed by atoms with Crippen LogP contribution in [-0.4, -0.2) is 17.6 Å². The lowest BCUT2D eigenvalue weighted by molar-refractivity contribution is 1.05. The van der Waals surface area contributed by atoms with Crippen LogP contribution in [0, 0.1) is 17.9 Å². The molecule has 6 nitrogen and oxygen atoms in total. The quantitative estimate of drug-likeness (QED) is 0.134. The molecule has 52 heavy (non-hydrogen) atoms. The number of pyridine rings is 1. The zero-order valence-corrected chi connectivity index (χ0v) is 29.7. The highest BCUT2D eigenvalue weighted by molar-refractivity contribution is 7.02. The summed E-state index contributed by atoms with van der Waals surface area (Å²) in [5, 5.41) is 14.7. The Balaban J connectivity index is 1.38. The first kappa shape index (κ1) is 31.1. The highest BCUT2D eigenvalue weighted by atomic mass is 28.3. The Bertz CT molecular complexity index is 2590. The zero-order valence-electron chi connectivity index (χ0n) is 28.7. The molecule has 3 heterocycles. The Hall–Kier alpha value is -6.93. The molecular formula is C45H32N6Si. The van der Waals surface area contributed by atoms with Gasteiger partial charge in [0.05, 0.1) is 34.9 Å². The highest BCUT2D eigenvalue weighted by Crippen LogP contribution is 2.43. The molecule has 0 saturated heterocycles. The van der Waals surface area contributed by atoms with Gasteiger partial charge in [0.2, 0.25) is 0 Å². The third-order valence-corrected chi connectivity index (χ3v) is 13.7. The van der Waals surface area contributed by atoms with Gasteiger partial charge in [0.25, 0.3) is 0 Å². The maximum atomic E-state index is 9.65. The molecule has 0 bridgehead atoms. The lowest BCUT2D eigenvalue weighted by atomic mass is 10.1. The second-order valence-corrected chi connectivity index (χ2v) is 17.9. The van der Waals surface area contributed by atoms with Crippen LogP contribution < -0.4 is 20.2 Å². The van der Waals surface area contributed by atoms with Gasteiger partial charge in [-0.25, -0.2) is 9.83 Å². The average molecular weight is 685 g/mol. The molecule has 0 N–H and O–H groups in total. The summed E-state index contributed by atoms with van der Waals surface area (Å²) in [6.45, 7) is 12.4. The minimum Gasteiger partial charge on any atom is -0.310 e. The first-order valence-electron chi connectivity index (χ1n) is 17.2. The van der Waals surface area contributed by atoms with E-state index >= 15 is 0 Å². The van der Waals surface area contributed by atoms with Gasteiger partial charge in [-0.05, 0) is 71.0 Å². The van der Waals surface area contributed by atoms with Crippen molar-refractivity contribution < 1.29 is 0 Å². The summed E-state index contributed by atoms with van der Waals surface area (Å²) in [5.74, 6) is 1.56. The first-order valence-corrected chi connectivity index (χ1v) is 20.2. The van der Waals surface area contributed by atoms with Crippen LogP contribution in [0.4, 0.5) is 39.9 Å². The van der Waals surface area contributed by atoms with Gasteiger partial charge < -0.3 is 4.90 Å².